The Morgan fingerprint density at radius 3 is 2.43 bits per heavy atom. The summed E-state index contributed by atoms with van der Waals surface area (Å²) >= 11 is 5.87. The van der Waals surface area contributed by atoms with Gasteiger partial charge in [0, 0.05) is 36.0 Å². The minimum absolute atomic E-state index is 0.000568. The van der Waals surface area contributed by atoms with Crippen LogP contribution in [0.25, 0.3) is 22.4 Å². The minimum Gasteiger partial charge on any atom is -0.477 e. The number of aryl methyl sites for hydroxylation is 1. The summed E-state index contributed by atoms with van der Waals surface area (Å²) in [7, 11) is 0. The monoisotopic (exact) mass is 593 g/mol. The van der Waals surface area contributed by atoms with Gasteiger partial charge in [0.05, 0.1) is 10.7 Å². The summed E-state index contributed by atoms with van der Waals surface area (Å²) in [6.45, 7) is 10.9. The molecule has 0 radical (unpaired) electrons. The number of hydrogen-bond donors (Lipinski definition) is 1. The fraction of sp³-hybridized carbons (Fsp3) is 0.333. The molecule has 0 saturated carbocycles. The molecule has 1 N–H and O–H groups in total. The number of aromatic nitrogens is 3. The molecule has 0 spiro atoms. The summed E-state index contributed by atoms with van der Waals surface area (Å²) in [4.78, 5) is 54.6. The molecule has 1 aromatic carbocycles. The number of benzene rings is 1. The van der Waals surface area contributed by atoms with Crippen LogP contribution in [-0.4, -0.2) is 61.4 Å². The van der Waals surface area contributed by atoms with E-state index in [1.54, 1.807) is 26.8 Å². The Balaban J connectivity index is 1.51. The standard InChI is InChI=1S/C30H29ClFN5O5/c1-15-11-22(26(39)40)35-28(33-15)36-9-10-37(30(5,6)27(36)41)25(38)23-14-21-24(42-23)17(29(2,3)4)13-20(34-21)16-7-8-18(31)19(32)12-16/h7-8,11-14H,9-10H2,1-6H3,(H,39,40). The lowest BCUT2D eigenvalue weighted by Gasteiger charge is -2.44. The van der Waals surface area contributed by atoms with Crippen molar-refractivity contribution >= 4 is 46.4 Å². The Morgan fingerprint density at radius 1 is 1.07 bits per heavy atom. The first kappa shape index (κ1) is 29.1. The zero-order valence-corrected chi connectivity index (χ0v) is 24.7. The Bertz CT molecular complexity index is 1780. The van der Waals surface area contributed by atoms with E-state index in [4.69, 9.17) is 16.0 Å². The van der Waals surface area contributed by atoms with E-state index in [1.165, 1.54) is 34.1 Å². The fourth-order valence-electron chi connectivity index (χ4n) is 4.98. The third-order valence-corrected chi connectivity index (χ3v) is 7.56. The number of fused-ring (bicyclic) bond motifs is 1. The molecule has 1 aliphatic rings. The Kier molecular flexibility index (Phi) is 7.05. The van der Waals surface area contributed by atoms with Crippen LogP contribution < -0.4 is 4.90 Å². The van der Waals surface area contributed by atoms with Crippen LogP contribution in [0, 0.1) is 12.7 Å². The minimum atomic E-state index is -1.34. The van der Waals surface area contributed by atoms with Gasteiger partial charge in [-0.15, -0.1) is 0 Å². The first-order chi connectivity index (χ1) is 19.6. The first-order valence-electron chi connectivity index (χ1n) is 13.2. The van der Waals surface area contributed by atoms with Crippen LogP contribution in [-0.2, 0) is 10.2 Å². The number of rotatable bonds is 4. The molecule has 1 aliphatic heterocycles. The lowest BCUT2D eigenvalue weighted by Crippen LogP contribution is -2.65. The fourth-order valence-corrected chi connectivity index (χ4v) is 5.09. The molecular weight excluding hydrogens is 565 g/mol. The molecule has 0 atom stereocenters. The van der Waals surface area contributed by atoms with Gasteiger partial charge in [-0.3, -0.25) is 14.5 Å². The van der Waals surface area contributed by atoms with E-state index in [1.807, 2.05) is 26.8 Å². The number of piperazine rings is 1. The van der Waals surface area contributed by atoms with Crippen LogP contribution in [0.15, 0.2) is 40.8 Å². The van der Waals surface area contributed by atoms with Gasteiger partial charge in [-0.2, -0.15) is 0 Å². The van der Waals surface area contributed by atoms with Crippen molar-refractivity contribution in [3.05, 3.63) is 69.9 Å². The van der Waals surface area contributed by atoms with E-state index in [-0.39, 0.29) is 35.5 Å². The van der Waals surface area contributed by atoms with E-state index in [0.29, 0.717) is 28.1 Å². The van der Waals surface area contributed by atoms with Gasteiger partial charge < -0.3 is 14.4 Å². The number of hydrogen-bond acceptors (Lipinski definition) is 7. The van der Waals surface area contributed by atoms with Crippen LogP contribution in [0.5, 0.6) is 0 Å². The highest BCUT2D eigenvalue weighted by Gasteiger charge is 2.46. The predicted molar refractivity (Wildman–Crippen MR) is 154 cm³/mol. The van der Waals surface area contributed by atoms with E-state index in [0.717, 1.165) is 5.56 Å². The third-order valence-electron chi connectivity index (χ3n) is 7.25. The lowest BCUT2D eigenvalue weighted by atomic mass is 9.86. The average molecular weight is 594 g/mol. The van der Waals surface area contributed by atoms with Crippen LogP contribution in [0.2, 0.25) is 5.02 Å². The molecule has 4 aromatic rings. The largest absolute Gasteiger partial charge is 0.477 e. The number of anilines is 1. The maximum Gasteiger partial charge on any atom is 0.354 e. The van der Waals surface area contributed by atoms with Crippen molar-refractivity contribution in [1.29, 1.82) is 0 Å². The van der Waals surface area contributed by atoms with Gasteiger partial charge in [0.25, 0.3) is 11.8 Å². The average Bonchev–Trinajstić information content (AvgIpc) is 3.34. The van der Waals surface area contributed by atoms with Crippen LogP contribution in [0.1, 0.15) is 66.9 Å². The molecule has 1 fully saturated rings. The number of carboxylic acids is 1. The number of nitrogens with zero attached hydrogens (tertiary/aromatic N) is 5. The molecule has 218 valence electrons. The van der Waals surface area contributed by atoms with E-state index in [9.17, 15) is 23.9 Å². The van der Waals surface area contributed by atoms with Crippen molar-refractivity contribution in [2.45, 2.75) is 52.5 Å². The maximum atomic E-state index is 14.3. The summed E-state index contributed by atoms with van der Waals surface area (Å²) in [6.07, 6.45) is 0. The SMILES string of the molecule is Cc1cc(C(=O)O)nc(N2CCN(C(=O)c3cc4nc(-c5ccc(Cl)c(F)c5)cc(C(C)(C)C)c4o3)C(C)(C)C2=O)n1. The van der Waals surface area contributed by atoms with Gasteiger partial charge in [-0.05, 0) is 50.5 Å². The second-order valence-electron chi connectivity index (χ2n) is 11.7. The highest BCUT2D eigenvalue weighted by Crippen LogP contribution is 2.36. The van der Waals surface area contributed by atoms with Crippen LogP contribution in [0.3, 0.4) is 0 Å². The number of halogens is 2. The van der Waals surface area contributed by atoms with Gasteiger partial charge in [-0.1, -0.05) is 38.4 Å². The van der Waals surface area contributed by atoms with E-state index < -0.39 is 34.6 Å². The normalized spacial score (nSPS) is 15.4. The van der Waals surface area contributed by atoms with Crippen molar-refractivity contribution in [2.24, 2.45) is 0 Å². The summed E-state index contributed by atoms with van der Waals surface area (Å²) in [5.41, 5.74) is 1.02. The van der Waals surface area contributed by atoms with Gasteiger partial charge >= 0.3 is 5.97 Å². The lowest BCUT2D eigenvalue weighted by molar-refractivity contribution is -0.130. The Morgan fingerprint density at radius 2 is 1.79 bits per heavy atom. The summed E-state index contributed by atoms with van der Waals surface area (Å²) < 4.78 is 20.4. The number of pyridine rings is 1. The molecule has 3 aromatic heterocycles. The van der Waals surface area contributed by atoms with Crippen LogP contribution in [0.4, 0.5) is 10.3 Å². The molecule has 10 nitrogen and oxygen atoms in total. The highest BCUT2D eigenvalue weighted by molar-refractivity contribution is 6.30. The molecule has 1 saturated heterocycles. The molecule has 4 heterocycles. The van der Waals surface area contributed by atoms with Gasteiger partial charge in [0.1, 0.15) is 16.9 Å². The molecule has 5 rings (SSSR count). The maximum absolute atomic E-state index is 14.3. The van der Waals surface area contributed by atoms with E-state index >= 15 is 0 Å². The Labute approximate surface area is 246 Å². The van der Waals surface area contributed by atoms with Crippen molar-refractivity contribution < 1.29 is 28.3 Å². The second kappa shape index (κ2) is 10.2. The Hall–Kier alpha value is -4.38. The van der Waals surface area contributed by atoms with Crippen LogP contribution >= 0.6 is 11.6 Å². The second-order valence-corrected chi connectivity index (χ2v) is 12.1. The molecule has 0 unspecified atom stereocenters. The zero-order valence-electron chi connectivity index (χ0n) is 24.0. The smallest absolute Gasteiger partial charge is 0.354 e. The van der Waals surface area contributed by atoms with Crippen molar-refractivity contribution in [3.8, 4) is 11.3 Å². The summed E-state index contributed by atoms with van der Waals surface area (Å²) in [6, 6.07) is 9.09. The predicted octanol–water partition coefficient (Wildman–Crippen LogP) is 5.65. The molecule has 42 heavy (non-hydrogen) atoms. The molecular formula is C30H29ClFN5O5. The number of carbonyl (C=O) groups excluding carboxylic acids is 2. The third kappa shape index (κ3) is 5.09. The number of furan rings is 1. The number of amides is 2. The molecule has 2 amide bonds. The van der Waals surface area contributed by atoms with Crippen molar-refractivity contribution in [3.63, 3.8) is 0 Å². The highest BCUT2D eigenvalue weighted by atomic mass is 35.5. The van der Waals surface area contributed by atoms with Crippen molar-refractivity contribution in [1.82, 2.24) is 19.9 Å². The van der Waals surface area contributed by atoms with Gasteiger partial charge in [0.2, 0.25) is 5.95 Å². The summed E-state index contributed by atoms with van der Waals surface area (Å²) in [5.74, 6) is -2.83. The van der Waals surface area contributed by atoms with Gasteiger partial charge in [0.15, 0.2) is 17.0 Å². The number of carboxylic acid groups (broad SMARTS) is 1. The quantitative estimate of drug-likeness (QED) is 0.321. The topological polar surface area (TPSA) is 130 Å². The molecule has 0 aliphatic carbocycles. The number of aromatic carboxylic acids is 1. The molecule has 12 heteroatoms. The van der Waals surface area contributed by atoms with Crippen molar-refractivity contribution in [2.75, 3.05) is 18.0 Å². The van der Waals surface area contributed by atoms with Gasteiger partial charge in [-0.25, -0.2) is 24.1 Å². The summed E-state index contributed by atoms with van der Waals surface area (Å²) in [5, 5.41) is 9.39. The zero-order chi connectivity index (χ0) is 30.7. The molecule has 0 bridgehead atoms. The first-order valence-corrected chi connectivity index (χ1v) is 13.6. The number of carbonyl (C=O) groups is 3. The van der Waals surface area contributed by atoms with E-state index in [2.05, 4.69) is 15.0 Å².